The molecule has 0 saturated carbocycles. The van der Waals surface area contributed by atoms with E-state index in [0.29, 0.717) is 11.7 Å². The van der Waals surface area contributed by atoms with Crippen molar-refractivity contribution < 1.29 is 0 Å². The molecule has 0 saturated heterocycles. The van der Waals surface area contributed by atoms with Crippen molar-refractivity contribution >= 4 is 17.4 Å². The first kappa shape index (κ1) is 9.99. The van der Waals surface area contributed by atoms with Crippen LogP contribution >= 0.6 is 11.6 Å². The summed E-state index contributed by atoms with van der Waals surface area (Å²) in [4.78, 5) is 4.12. The number of aromatic nitrogens is 1. The van der Waals surface area contributed by atoms with Gasteiger partial charge in [0.2, 0.25) is 0 Å². The van der Waals surface area contributed by atoms with Crippen LogP contribution in [0.15, 0.2) is 42.6 Å². The van der Waals surface area contributed by atoms with Crippen LogP contribution in [0.3, 0.4) is 0 Å². The lowest BCUT2D eigenvalue weighted by Gasteiger charge is -2.06. The maximum Gasteiger partial charge on any atom is 0.131 e. The molecule has 1 heterocycles. The van der Waals surface area contributed by atoms with E-state index in [-0.39, 0.29) is 0 Å². The minimum atomic E-state index is 0.452. The Morgan fingerprint density at radius 2 is 1.93 bits per heavy atom. The summed E-state index contributed by atoms with van der Waals surface area (Å²) in [6.07, 6.45) is 1.70. The Bertz CT molecular complexity index is 454. The molecule has 2 aromatic rings. The summed E-state index contributed by atoms with van der Waals surface area (Å²) in [5, 5.41) is 0. The van der Waals surface area contributed by atoms with Gasteiger partial charge in [-0.3, -0.25) is 0 Å². The summed E-state index contributed by atoms with van der Waals surface area (Å²) in [6, 6.07) is 11.9. The molecule has 0 aliphatic heterocycles. The van der Waals surface area contributed by atoms with E-state index < -0.39 is 0 Å². The predicted molar refractivity (Wildman–Crippen MR) is 63.6 cm³/mol. The Labute approximate surface area is 93.7 Å². The molecule has 0 unspecified atom stereocenters. The van der Waals surface area contributed by atoms with Gasteiger partial charge < -0.3 is 5.73 Å². The van der Waals surface area contributed by atoms with Crippen molar-refractivity contribution in [2.75, 3.05) is 5.73 Å². The molecule has 0 bridgehead atoms. The maximum atomic E-state index is 5.82. The van der Waals surface area contributed by atoms with Gasteiger partial charge in [0.05, 0.1) is 0 Å². The normalized spacial score (nSPS) is 10.2. The first-order valence-electron chi connectivity index (χ1n) is 4.67. The number of nitrogens with two attached hydrogens (primary N) is 1. The largest absolute Gasteiger partial charge is 0.383 e. The Hall–Kier alpha value is -1.54. The highest BCUT2D eigenvalue weighted by Crippen LogP contribution is 2.25. The quantitative estimate of drug-likeness (QED) is 0.787. The summed E-state index contributed by atoms with van der Waals surface area (Å²) in [6.45, 7) is 0. The molecule has 15 heavy (non-hydrogen) atoms. The van der Waals surface area contributed by atoms with Gasteiger partial charge in [0.25, 0.3) is 0 Å². The second kappa shape index (κ2) is 4.32. The fourth-order valence-corrected chi connectivity index (χ4v) is 1.59. The molecule has 0 fully saturated rings. The van der Waals surface area contributed by atoms with E-state index in [1.165, 1.54) is 0 Å². The number of hydrogen-bond acceptors (Lipinski definition) is 2. The van der Waals surface area contributed by atoms with Crippen molar-refractivity contribution in [3.05, 3.63) is 48.2 Å². The third kappa shape index (κ3) is 2.10. The van der Waals surface area contributed by atoms with E-state index in [4.69, 9.17) is 17.3 Å². The standard InChI is InChI=1S/C12H11ClN2/c13-7-9-6-11(12(14)15-8-9)10-4-2-1-3-5-10/h1-6,8H,7H2,(H2,14,15). The predicted octanol–water partition coefficient (Wildman–Crippen LogP) is 3.07. The number of anilines is 1. The van der Waals surface area contributed by atoms with Gasteiger partial charge in [0.15, 0.2) is 0 Å². The zero-order valence-corrected chi connectivity index (χ0v) is 8.91. The highest BCUT2D eigenvalue weighted by molar-refractivity contribution is 6.17. The second-order valence-electron chi connectivity index (χ2n) is 3.28. The lowest BCUT2D eigenvalue weighted by atomic mass is 10.1. The summed E-state index contributed by atoms with van der Waals surface area (Å²) >= 11 is 5.76. The number of halogens is 1. The Balaban J connectivity index is 2.52. The molecule has 0 spiro atoms. The van der Waals surface area contributed by atoms with Crippen LogP contribution in [-0.4, -0.2) is 4.98 Å². The third-order valence-electron chi connectivity index (χ3n) is 2.21. The number of rotatable bonds is 2. The Morgan fingerprint density at radius 3 is 2.60 bits per heavy atom. The van der Waals surface area contributed by atoms with Crippen molar-refractivity contribution in [2.24, 2.45) is 0 Å². The van der Waals surface area contributed by atoms with E-state index in [1.54, 1.807) is 6.20 Å². The van der Waals surface area contributed by atoms with Gasteiger partial charge in [-0.2, -0.15) is 0 Å². The summed E-state index contributed by atoms with van der Waals surface area (Å²) in [5.41, 5.74) is 8.80. The molecule has 0 amide bonds. The number of nitrogens with zero attached hydrogens (tertiary/aromatic N) is 1. The smallest absolute Gasteiger partial charge is 0.131 e. The van der Waals surface area contributed by atoms with E-state index in [2.05, 4.69) is 4.98 Å². The minimum Gasteiger partial charge on any atom is -0.383 e. The Kier molecular flexibility index (Phi) is 2.88. The molecule has 1 aromatic carbocycles. The van der Waals surface area contributed by atoms with Crippen LogP contribution in [0.2, 0.25) is 0 Å². The molecule has 0 aliphatic rings. The third-order valence-corrected chi connectivity index (χ3v) is 2.52. The van der Waals surface area contributed by atoms with E-state index in [1.807, 2.05) is 36.4 Å². The first-order valence-corrected chi connectivity index (χ1v) is 5.20. The topological polar surface area (TPSA) is 38.9 Å². The zero-order chi connectivity index (χ0) is 10.7. The first-order chi connectivity index (χ1) is 7.31. The maximum absolute atomic E-state index is 5.82. The van der Waals surface area contributed by atoms with Crippen LogP contribution in [0, 0.1) is 0 Å². The molecule has 2 rings (SSSR count). The highest BCUT2D eigenvalue weighted by atomic mass is 35.5. The molecule has 0 aliphatic carbocycles. The number of pyridine rings is 1. The molecule has 76 valence electrons. The van der Waals surface area contributed by atoms with Crippen molar-refractivity contribution in [1.82, 2.24) is 4.98 Å². The van der Waals surface area contributed by atoms with Gasteiger partial charge in [-0.15, -0.1) is 11.6 Å². The van der Waals surface area contributed by atoms with Crippen LogP contribution in [0.4, 0.5) is 5.82 Å². The monoisotopic (exact) mass is 218 g/mol. The summed E-state index contributed by atoms with van der Waals surface area (Å²) < 4.78 is 0. The van der Waals surface area contributed by atoms with E-state index in [9.17, 15) is 0 Å². The highest BCUT2D eigenvalue weighted by Gasteiger charge is 2.04. The molecule has 2 N–H and O–H groups in total. The summed E-state index contributed by atoms with van der Waals surface area (Å²) in [5.74, 6) is 0.989. The number of benzene rings is 1. The zero-order valence-electron chi connectivity index (χ0n) is 8.15. The van der Waals surface area contributed by atoms with E-state index in [0.717, 1.165) is 16.7 Å². The van der Waals surface area contributed by atoms with Crippen molar-refractivity contribution in [2.45, 2.75) is 5.88 Å². The van der Waals surface area contributed by atoms with Crippen LogP contribution < -0.4 is 5.73 Å². The van der Waals surface area contributed by atoms with Gasteiger partial charge in [-0.05, 0) is 17.2 Å². The number of nitrogen functional groups attached to an aromatic ring is 1. The van der Waals surface area contributed by atoms with Crippen LogP contribution in [0.5, 0.6) is 0 Å². The van der Waals surface area contributed by atoms with Crippen LogP contribution in [-0.2, 0) is 5.88 Å². The fourth-order valence-electron chi connectivity index (χ4n) is 1.44. The lowest BCUT2D eigenvalue weighted by molar-refractivity contribution is 1.26. The fraction of sp³-hybridized carbons (Fsp3) is 0.0833. The van der Waals surface area contributed by atoms with Gasteiger partial charge in [0, 0.05) is 17.6 Å². The Morgan fingerprint density at radius 1 is 1.20 bits per heavy atom. The van der Waals surface area contributed by atoms with Gasteiger partial charge in [0.1, 0.15) is 5.82 Å². The van der Waals surface area contributed by atoms with Crippen LogP contribution in [0.1, 0.15) is 5.56 Å². The SMILES string of the molecule is Nc1ncc(CCl)cc1-c1ccccc1. The molecular formula is C12H11ClN2. The van der Waals surface area contributed by atoms with Crippen molar-refractivity contribution in [1.29, 1.82) is 0 Å². The molecule has 3 heteroatoms. The van der Waals surface area contributed by atoms with Crippen molar-refractivity contribution in [3.8, 4) is 11.1 Å². The van der Waals surface area contributed by atoms with Crippen molar-refractivity contribution in [3.63, 3.8) is 0 Å². The molecule has 0 atom stereocenters. The van der Waals surface area contributed by atoms with Gasteiger partial charge >= 0.3 is 0 Å². The van der Waals surface area contributed by atoms with E-state index >= 15 is 0 Å². The average Bonchev–Trinajstić information content (AvgIpc) is 2.31. The average molecular weight is 219 g/mol. The minimum absolute atomic E-state index is 0.452. The number of hydrogen-bond donors (Lipinski definition) is 1. The second-order valence-corrected chi connectivity index (χ2v) is 3.54. The van der Waals surface area contributed by atoms with Crippen LogP contribution in [0.25, 0.3) is 11.1 Å². The number of alkyl halides is 1. The molecular weight excluding hydrogens is 208 g/mol. The lowest BCUT2D eigenvalue weighted by Crippen LogP contribution is -1.95. The summed E-state index contributed by atoms with van der Waals surface area (Å²) in [7, 11) is 0. The molecule has 1 aromatic heterocycles. The van der Waals surface area contributed by atoms with Gasteiger partial charge in [-0.25, -0.2) is 4.98 Å². The molecule has 2 nitrogen and oxygen atoms in total. The van der Waals surface area contributed by atoms with Gasteiger partial charge in [-0.1, -0.05) is 30.3 Å². The molecule has 0 radical (unpaired) electrons.